The van der Waals surface area contributed by atoms with Crippen LogP contribution in [-0.4, -0.2) is 69.8 Å². The van der Waals surface area contributed by atoms with Gasteiger partial charge in [0.15, 0.2) is 0 Å². The van der Waals surface area contributed by atoms with Gasteiger partial charge in [0.2, 0.25) is 0 Å². The lowest BCUT2D eigenvalue weighted by molar-refractivity contribution is 1.18. The Labute approximate surface area is 533 Å². The molecule has 0 fully saturated rings. The summed E-state index contributed by atoms with van der Waals surface area (Å²) in [6.45, 7) is 14.0. The Balaban J connectivity index is 0.000000137. The highest BCUT2D eigenvalue weighted by atomic mass is 14.8. The summed E-state index contributed by atoms with van der Waals surface area (Å²) in [5.41, 5.74) is 22.5. The van der Waals surface area contributed by atoms with Crippen LogP contribution in [0.25, 0.3) is 78.5 Å². The smallest absolute Gasteiger partial charge is 0.0889 e. The Hall–Kier alpha value is -11.9. The SMILES string of the molecule is Cc1ccc(-c2ccncc2)cn1.Cc1cccc(-c2ccccn2)n1.Cc1cccc(-c2cccnc2)n1.Cc1cccc(-c2ccncc2)n1.Cc1cncc(-c2ccccn2)c1.Cc1cncc(-c2cccnc2)c1.Cc1cncc(-c2ccncc2)c1. The fraction of sp³-hybridized carbons (Fsp3) is 0.0909. The molecular weight excluding hydrogens is 1120 g/mol. The lowest BCUT2D eigenvalue weighted by atomic mass is 10.1. The molecule has 0 saturated heterocycles. The number of pyridine rings is 14. The van der Waals surface area contributed by atoms with Gasteiger partial charge in [-0.1, -0.05) is 42.5 Å². The molecule has 0 aliphatic heterocycles. The maximum atomic E-state index is 4.42. The van der Waals surface area contributed by atoms with E-state index in [-0.39, 0.29) is 0 Å². The maximum absolute atomic E-state index is 4.42. The van der Waals surface area contributed by atoms with Gasteiger partial charge in [0.1, 0.15) is 0 Å². The minimum absolute atomic E-state index is 0.922. The van der Waals surface area contributed by atoms with E-state index in [9.17, 15) is 0 Å². The van der Waals surface area contributed by atoms with Crippen molar-refractivity contribution in [1.29, 1.82) is 0 Å². The zero-order chi connectivity index (χ0) is 63.7. The highest BCUT2D eigenvalue weighted by Crippen LogP contribution is 2.21. The van der Waals surface area contributed by atoms with Gasteiger partial charge in [0.05, 0.1) is 28.5 Å². The second-order valence-electron chi connectivity index (χ2n) is 20.6. The van der Waals surface area contributed by atoms with Gasteiger partial charge in [-0.2, -0.15) is 0 Å². The van der Waals surface area contributed by atoms with E-state index in [1.54, 1.807) is 62.0 Å². The molecule has 448 valence electrons. The minimum Gasteiger partial charge on any atom is -0.265 e. The Bertz CT molecular complexity index is 3720. The molecule has 14 heterocycles. The molecule has 0 aliphatic carbocycles. The van der Waals surface area contributed by atoms with Crippen LogP contribution in [0.1, 0.15) is 39.5 Å². The van der Waals surface area contributed by atoms with E-state index in [2.05, 4.69) is 94.0 Å². The normalized spacial score (nSPS) is 9.92. The monoisotopic (exact) mass is 1190 g/mol. The van der Waals surface area contributed by atoms with E-state index >= 15 is 0 Å². The van der Waals surface area contributed by atoms with Gasteiger partial charge in [-0.05, 0) is 216 Å². The summed E-state index contributed by atoms with van der Waals surface area (Å²) in [4.78, 5) is 58.3. The molecule has 91 heavy (non-hydrogen) atoms. The second-order valence-corrected chi connectivity index (χ2v) is 20.6. The Morgan fingerprint density at radius 1 is 0.187 bits per heavy atom. The van der Waals surface area contributed by atoms with Crippen molar-refractivity contribution in [2.24, 2.45) is 0 Å². The van der Waals surface area contributed by atoms with Gasteiger partial charge in [0.25, 0.3) is 0 Å². The van der Waals surface area contributed by atoms with Crippen LogP contribution >= 0.6 is 0 Å². The summed E-state index contributed by atoms with van der Waals surface area (Å²) in [6.07, 6.45) is 34.4. The molecule has 0 aliphatic rings. The summed E-state index contributed by atoms with van der Waals surface area (Å²) < 4.78 is 0. The highest BCUT2D eigenvalue weighted by molar-refractivity contribution is 5.64. The van der Waals surface area contributed by atoms with Crippen LogP contribution in [-0.2, 0) is 0 Å². The molecule has 0 radical (unpaired) electrons. The van der Waals surface area contributed by atoms with Gasteiger partial charge in [0, 0.05) is 179 Å². The Morgan fingerprint density at radius 2 is 0.582 bits per heavy atom. The first-order valence-corrected chi connectivity index (χ1v) is 29.4. The molecule has 0 amide bonds. The third-order valence-corrected chi connectivity index (χ3v) is 13.0. The van der Waals surface area contributed by atoms with Crippen LogP contribution in [0.4, 0.5) is 0 Å². The van der Waals surface area contributed by atoms with E-state index in [1.807, 2.05) is 262 Å². The van der Waals surface area contributed by atoms with Crippen molar-refractivity contribution < 1.29 is 0 Å². The number of rotatable bonds is 7. The van der Waals surface area contributed by atoms with Gasteiger partial charge < -0.3 is 0 Å². The van der Waals surface area contributed by atoms with E-state index in [1.165, 1.54) is 11.1 Å². The number of hydrogen-bond donors (Lipinski definition) is 0. The van der Waals surface area contributed by atoms with Crippen LogP contribution in [0.5, 0.6) is 0 Å². The first-order chi connectivity index (χ1) is 44.5. The molecule has 14 rings (SSSR count). The molecule has 0 aromatic carbocycles. The van der Waals surface area contributed by atoms with Crippen LogP contribution in [0.15, 0.2) is 300 Å². The lowest BCUT2D eigenvalue weighted by Gasteiger charge is -2.00. The summed E-state index contributed by atoms with van der Waals surface area (Å²) in [5.74, 6) is 0. The number of nitrogens with zero attached hydrogens (tertiary/aromatic N) is 14. The van der Waals surface area contributed by atoms with Crippen molar-refractivity contribution in [1.82, 2.24) is 69.8 Å². The molecule has 0 bridgehead atoms. The lowest BCUT2D eigenvalue weighted by Crippen LogP contribution is -1.87. The van der Waals surface area contributed by atoms with E-state index in [0.29, 0.717) is 0 Å². The number of aryl methyl sites for hydroxylation is 7. The first-order valence-electron chi connectivity index (χ1n) is 29.4. The van der Waals surface area contributed by atoms with Gasteiger partial charge in [-0.15, -0.1) is 0 Å². The first kappa shape index (κ1) is 65.1. The van der Waals surface area contributed by atoms with Crippen molar-refractivity contribution in [2.75, 3.05) is 0 Å². The molecule has 0 atom stereocenters. The minimum atomic E-state index is 0.922. The molecule has 0 saturated carbocycles. The number of aromatic nitrogens is 14. The fourth-order valence-electron chi connectivity index (χ4n) is 8.56. The third-order valence-electron chi connectivity index (χ3n) is 13.0. The Kier molecular flexibility index (Phi) is 25.5. The summed E-state index contributed by atoms with van der Waals surface area (Å²) >= 11 is 0. The van der Waals surface area contributed by atoms with Crippen molar-refractivity contribution in [2.45, 2.75) is 48.5 Å². The van der Waals surface area contributed by atoms with Crippen LogP contribution in [0.2, 0.25) is 0 Å². The number of hydrogen-bond acceptors (Lipinski definition) is 14. The molecule has 14 aromatic heterocycles. The Morgan fingerprint density at radius 3 is 1.03 bits per heavy atom. The fourth-order valence-corrected chi connectivity index (χ4v) is 8.56. The average Bonchev–Trinajstić information content (AvgIpc) is 3.81. The molecule has 0 N–H and O–H groups in total. The average molecular weight is 1190 g/mol. The zero-order valence-corrected chi connectivity index (χ0v) is 52.1. The molecular formula is C77H70N14. The van der Waals surface area contributed by atoms with Crippen molar-refractivity contribution in [3.63, 3.8) is 0 Å². The quantitative estimate of drug-likeness (QED) is 0.147. The molecule has 14 nitrogen and oxygen atoms in total. The topological polar surface area (TPSA) is 180 Å². The summed E-state index contributed by atoms with van der Waals surface area (Å²) in [5, 5.41) is 0. The predicted octanol–water partition coefficient (Wildman–Crippen LogP) is 17.2. The van der Waals surface area contributed by atoms with Gasteiger partial charge in [-0.3, -0.25) is 69.8 Å². The maximum Gasteiger partial charge on any atom is 0.0889 e. The summed E-state index contributed by atoms with van der Waals surface area (Å²) in [6, 6.07) is 59.7. The molecule has 14 aromatic rings. The molecule has 14 heteroatoms. The van der Waals surface area contributed by atoms with E-state index in [0.717, 1.165) is 107 Å². The van der Waals surface area contributed by atoms with Crippen LogP contribution in [0, 0.1) is 48.5 Å². The van der Waals surface area contributed by atoms with Crippen molar-refractivity contribution >= 4 is 0 Å². The van der Waals surface area contributed by atoms with Crippen LogP contribution in [0.3, 0.4) is 0 Å². The van der Waals surface area contributed by atoms with E-state index < -0.39 is 0 Å². The summed E-state index contributed by atoms with van der Waals surface area (Å²) in [7, 11) is 0. The van der Waals surface area contributed by atoms with Crippen LogP contribution < -0.4 is 0 Å². The van der Waals surface area contributed by atoms with Crippen molar-refractivity contribution in [3.05, 3.63) is 339 Å². The highest BCUT2D eigenvalue weighted by Gasteiger charge is 2.03. The third kappa shape index (κ3) is 22.4. The standard InChI is InChI=1S/7C11H10N2/c1-9-6-11(8-13-7-9)10-2-4-12-5-3-10;1-9-4-2-6-11(13-9)10-5-3-7-12-8-10;1-9-2-3-11(8-13-9)10-4-6-12-7-5-10;1-9-5-4-7-11(13-9)10-6-2-3-8-12-10;1-9-5-11(8-13-6-9)10-3-2-4-12-7-10;1-9-3-2-4-11(13-9)10-5-7-12-8-6-10;1-9-6-10(8-12-7-9)11-4-2-3-5-13-11/h7*2-8H,1H3. The molecule has 0 unspecified atom stereocenters. The van der Waals surface area contributed by atoms with E-state index in [4.69, 9.17) is 0 Å². The predicted molar refractivity (Wildman–Crippen MR) is 365 cm³/mol. The van der Waals surface area contributed by atoms with Gasteiger partial charge >= 0.3 is 0 Å². The van der Waals surface area contributed by atoms with Gasteiger partial charge in [-0.25, -0.2) is 0 Å². The zero-order valence-electron chi connectivity index (χ0n) is 52.1. The second kappa shape index (κ2) is 35.7. The largest absolute Gasteiger partial charge is 0.265 e. The molecule has 0 spiro atoms. The van der Waals surface area contributed by atoms with Crippen molar-refractivity contribution in [3.8, 4) is 78.5 Å².